The van der Waals surface area contributed by atoms with Crippen molar-refractivity contribution in [1.29, 1.82) is 0 Å². The maximum absolute atomic E-state index is 6.22. The van der Waals surface area contributed by atoms with Gasteiger partial charge in [0.25, 0.3) is 0 Å². The SMILES string of the molecule is COCOc1ccc2c(c1)OC(c1ccc(OCOC)c(OC)c1)CC2. The second-order valence-electron chi connectivity index (χ2n) is 5.93. The van der Waals surface area contributed by atoms with Crippen LogP contribution in [0.4, 0.5) is 0 Å². The highest BCUT2D eigenvalue weighted by atomic mass is 16.7. The monoisotopic (exact) mass is 360 g/mol. The summed E-state index contributed by atoms with van der Waals surface area (Å²) in [6.07, 6.45) is 1.78. The van der Waals surface area contributed by atoms with Gasteiger partial charge in [-0.3, -0.25) is 0 Å². The number of fused-ring (bicyclic) bond motifs is 1. The Morgan fingerprint density at radius 1 is 0.923 bits per heavy atom. The summed E-state index contributed by atoms with van der Waals surface area (Å²) < 4.78 is 32.6. The molecular weight excluding hydrogens is 336 g/mol. The van der Waals surface area contributed by atoms with Crippen molar-refractivity contribution in [2.24, 2.45) is 0 Å². The fourth-order valence-electron chi connectivity index (χ4n) is 2.93. The van der Waals surface area contributed by atoms with E-state index < -0.39 is 0 Å². The van der Waals surface area contributed by atoms with Crippen molar-refractivity contribution in [2.75, 3.05) is 34.9 Å². The van der Waals surface area contributed by atoms with Crippen LogP contribution < -0.4 is 18.9 Å². The Hall–Kier alpha value is -2.44. The van der Waals surface area contributed by atoms with Crippen molar-refractivity contribution in [3.63, 3.8) is 0 Å². The van der Waals surface area contributed by atoms with E-state index in [2.05, 4.69) is 0 Å². The largest absolute Gasteiger partial charge is 0.493 e. The Morgan fingerprint density at radius 2 is 1.73 bits per heavy atom. The summed E-state index contributed by atoms with van der Waals surface area (Å²) in [7, 11) is 4.80. The van der Waals surface area contributed by atoms with Gasteiger partial charge in [0.1, 0.15) is 17.6 Å². The van der Waals surface area contributed by atoms with Gasteiger partial charge < -0.3 is 28.4 Å². The lowest BCUT2D eigenvalue weighted by Gasteiger charge is -2.27. The number of rotatable bonds is 8. The van der Waals surface area contributed by atoms with Gasteiger partial charge in [0, 0.05) is 20.3 Å². The maximum atomic E-state index is 6.22. The molecule has 6 nitrogen and oxygen atoms in total. The average molecular weight is 360 g/mol. The van der Waals surface area contributed by atoms with Crippen molar-refractivity contribution in [3.05, 3.63) is 47.5 Å². The molecular formula is C20H24O6. The topological polar surface area (TPSA) is 55.4 Å². The lowest BCUT2D eigenvalue weighted by molar-refractivity contribution is 0.0491. The Labute approximate surface area is 153 Å². The van der Waals surface area contributed by atoms with E-state index in [0.717, 1.165) is 29.9 Å². The first kappa shape index (κ1) is 18.4. The Balaban J connectivity index is 1.77. The number of hydrogen-bond donors (Lipinski definition) is 0. The molecule has 1 heterocycles. The molecule has 0 radical (unpaired) electrons. The molecule has 1 unspecified atom stereocenters. The Bertz CT molecular complexity index is 730. The third kappa shape index (κ3) is 4.20. The molecule has 3 rings (SSSR count). The van der Waals surface area contributed by atoms with Crippen LogP contribution in [0.1, 0.15) is 23.7 Å². The van der Waals surface area contributed by atoms with E-state index in [1.54, 1.807) is 21.3 Å². The van der Waals surface area contributed by atoms with Gasteiger partial charge in [-0.2, -0.15) is 0 Å². The summed E-state index contributed by atoms with van der Waals surface area (Å²) in [5, 5.41) is 0. The van der Waals surface area contributed by atoms with Gasteiger partial charge in [-0.15, -0.1) is 0 Å². The van der Waals surface area contributed by atoms with Crippen LogP contribution in [0.15, 0.2) is 36.4 Å². The quantitative estimate of drug-likeness (QED) is 0.669. The van der Waals surface area contributed by atoms with Crippen LogP contribution in [0.2, 0.25) is 0 Å². The smallest absolute Gasteiger partial charge is 0.188 e. The van der Waals surface area contributed by atoms with Crippen LogP contribution in [-0.2, 0) is 15.9 Å². The van der Waals surface area contributed by atoms with E-state index >= 15 is 0 Å². The van der Waals surface area contributed by atoms with Crippen LogP contribution >= 0.6 is 0 Å². The van der Waals surface area contributed by atoms with Gasteiger partial charge in [0.15, 0.2) is 25.1 Å². The number of hydrogen-bond acceptors (Lipinski definition) is 6. The van der Waals surface area contributed by atoms with E-state index in [-0.39, 0.29) is 19.7 Å². The summed E-state index contributed by atoms with van der Waals surface area (Å²) in [6.45, 7) is 0.385. The molecule has 6 heteroatoms. The normalized spacial score (nSPS) is 15.7. The van der Waals surface area contributed by atoms with Crippen LogP contribution in [-0.4, -0.2) is 34.9 Å². The predicted molar refractivity (Wildman–Crippen MR) is 96.1 cm³/mol. The number of methoxy groups -OCH3 is 3. The molecule has 0 fully saturated rings. The number of aryl methyl sites for hydroxylation is 1. The van der Waals surface area contributed by atoms with Gasteiger partial charge >= 0.3 is 0 Å². The van der Waals surface area contributed by atoms with Gasteiger partial charge in [-0.25, -0.2) is 0 Å². The lowest BCUT2D eigenvalue weighted by Crippen LogP contribution is -2.15. The van der Waals surface area contributed by atoms with Crippen molar-refractivity contribution < 1.29 is 28.4 Å². The number of benzene rings is 2. The summed E-state index contributed by atoms with van der Waals surface area (Å²) in [5.74, 6) is 2.87. The minimum Gasteiger partial charge on any atom is -0.493 e. The molecule has 1 atom stereocenters. The number of ether oxygens (including phenoxy) is 6. The maximum Gasteiger partial charge on any atom is 0.188 e. The summed E-state index contributed by atoms with van der Waals surface area (Å²) in [6, 6.07) is 11.7. The molecule has 1 aliphatic rings. The van der Waals surface area contributed by atoms with E-state index in [1.807, 2.05) is 36.4 Å². The van der Waals surface area contributed by atoms with Crippen molar-refractivity contribution >= 4 is 0 Å². The second-order valence-corrected chi connectivity index (χ2v) is 5.93. The third-order valence-corrected chi connectivity index (χ3v) is 4.22. The first-order chi connectivity index (χ1) is 12.7. The minimum absolute atomic E-state index is 0.0504. The fourth-order valence-corrected chi connectivity index (χ4v) is 2.93. The molecule has 0 N–H and O–H groups in total. The third-order valence-electron chi connectivity index (χ3n) is 4.22. The molecule has 140 valence electrons. The first-order valence-corrected chi connectivity index (χ1v) is 8.46. The van der Waals surface area contributed by atoms with Crippen molar-refractivity contribution in [2.45, 2.75) is 18.9 Å². The zero-order chi connectivity index (χ0) is 18.4. The summed E-state index contributed by atoms with van der Waals surface area (Å²) in [4.78, 5) is 0. The zero-order valence-corrected chi connectivity index (χ0v) is 15.3. The van der Waals surface area contributed by atoms with Gasteiger partial charge in [-0.05, 0) is 42.2 Å². The van der Waals surface area contributed by atoms with Gasteiger partial charge in [0.2, 0.25) is 0 Å². The molecule has 26 heavy (non-hydrogen) atoms. The molecule has 2 aromatic rings. The Morgan fingerprint density at radius 3 is 2.50 bits per heavy atom. The van der Waals surface area contributed by atoms with E-state index in [1.165, 1.54) is 5.56 Å². The van der Waals surface area contributed by atoms with E-state index in [0.29, 0.717) is 11.5 Å². The summed E-state index contributed by atoms with van der Waals surface area (Å²) in [5.41, 5.74) is 2.22. The highest BCUT2D eigenvalue weighted by Crippen LogP contribution is 2.39. The van der Waals surface area contributed by atoms with Crippen LogP contribution in [0, 0.1) is 0 Å². The molecule has 0 spiro atoms. The zero-order valence-electron chi connectivity index (χ0n) is 15.3. The van der Waals surface area contributed by atoms with Crippen molar-refractivity contribution in [1.82, 2.24) is 0 Å². The van der Waals surface area contributed by atoms with E-state index in [9.17, 15) is 0 Å². The fraction of sp³-hybridized carbons (Fsp3) is 0.400. The lowest BCUT2D eigenvalue weighted by atomic mass is 9.97. The minimum atomic E-state index is -0.0504. The van der Waals surface area contributed by atoms with Gasteiger partial charge in [-0.1, -0.05) is 12.1 Å². The Kier molecular flexibility index (Phi) is 6.20. The standard InChI is InChI=1S/C20H24O6/c1-21-12-24-16-7-4-14-5-8-17(26-19(14)11-16)15-6-9-18(25-13-22-2)20(10-15)23-3/h4,6-7,9-11,17H,5,8,12-13H2,1-3H3. The highest BCUT2D eigenvalue weighted by Gasteiger charge is 2.23. The summed E-state index contributed by atoms with van der Waals surface area (Å²) >= 11 is 0. The van der Waals surface area contributed by atoms with Crippen molar-refractivity contribution in [3.8, 4) is 23.0 Å². The van der Waals surface area contributed by atoms with Crippen LogP contribution in [0.25, 0.3) is 0 Å². The molecule has 0 aliphatic carbocycles. The second kappa shape index (κ2) is 8.78. The van der Waals surface area contributed by atoms with Crippen LogP contribution in [0.3, 0.4) is 0 Å². The highest BCUT2D eigenvalue weighted by molar-refractivity contribution is 5.46. The molecule has 2 aromatic carbocycles. The van der Waals surface area contributed by atoms with Gasteiger partial charge in [0.05, 0.1) is 7.11 Å². The molecule has 0 saturated heterocycles. The average Bonchev–Trinajstić information content (AvgIpc) is 2.69. The van der Waals surface area contributed by atoms with E-state index in [4.69, 9.17) is 28.4 Å². The molecule has 1 aliphatic heterocycles. The molecule has 0 saturated carbocycles. The molecule has 0 bridgehead atoms. The molecule has 0 amide bonds. The first-order valence-electron chi connectivity index (χ1n) is 8.46. The molecule has 0 aromatic heterocycles. The van der Waals surface area contributed by atoms with Crippen LogP contribution in [0.5, 0.6) is 23.0 Å². The predicted octanol–water partition coefficient (Wildman–Crippen LogP) is 3.73.